The molecule has 0 saturated carbocycles. The third-order valence-corrected chi connectivity index (χ3v) is 5.20. The van der Waals surface area contributed by atoms with Crippen LogP contribution in [0, 0.1) is 0 Å². The fourth-order valence-electron chi connectivity index (χ4n) is 3.57. The topological polar surface area (TPSA) is 168 Å². The molecule has 2 aliphatic rings. The number of likely N-dealkylation sites (tertiary alicyclic amines) is 1. The number of ether oxygens (including phenoxy) is 2. The molecule has 2 heterocycles. The number of rotatable bonds is 7. The Morgan fingerprint density at radius 1 is 0.972 bits per heavy atom. The summed E-state index contributed by atoms with van der Waals surface area (Å²) in [4.78, 5) is 87.5. The summed E-state index contributed by atoms with van der Waals surface area (Å²) in [5, 5.41) is 4.44. The predicted molar refractivity (Wildman–Crippen MR) is 120 cm³/mol. The number of amides is 6. The summed E-state index contributed by atoms with van der Waals surface area (Å²) < 4.78 is 9.90. The molecule has 2 N–H and O–H groups in total. The SMILES string of the molecule is CC(C)(C)OC(=O)NCC(=O)NCC(=O)OCN1C(=O)CCC(N2C(=O)c3ccccc3C2=O)C1=O. The van der Waals surface area contributed by atoms with Crippen LogP contribution in [0.1, 0.15) is 54.3 Å². The molecule has 3 rings (SSSR count). The molecule has 0 aromatic heterocycles. The number of nitrogens with zero attached hydrogens (tertiary/aromatic N) is 2. The highest BCUT2D eigenvalue weighted by Crippen LogP contribution is 2.28. The van der Waals surface area contributed by atoms with Crippen LogP contribution in [-0.2, 0) is 28.7 Å². The molecule has 0 bridgehead atoms. The molecule has 1 fully saturated rings. The van der Waals surface area contributed by atoms with Gasteiger partial charge in [0.05, 0.1) is 11.1 Å². The van der Waals surface area contributed by atoms with Crippen LogP contribution in [0.15, 0.2) is 24.3 Å². The molecule has 0 radical (unpaired) electrons. The second-order valence-electron chi connectivity index (χ2n) is 9.02. The first-order chi connectivity index (χ1) is 16.9. The van der Waals surface area contributed by atoms with Gasteiger partial charge in [0.1, 0.15) is 24.7 Å². The van der Waals surface area contributed by atoms with E-state index >= 15 is 0 Å². The number of carbonyl (C=O) groups is 7. The maximum Gasteiger partial charge on any atom is 0.408 e. The van der Waals surface area contributed by atoms with Gasteiger partial charge in [0.15, 0.2) is 6.73 Å². The molecule has 36 heavy (non-hydrogen) atoms. The van der Waals surface area contributed by atoms with Gasteiger partial charge in [-0.15, -0.1) is 0 Å². The lowest BCUT2D eigenvalue weighted by Crippen LogP contribution is -2.56. The Morgan fingerprint density at radius 2 is 1.58 bits per heavy atom. The number of benzene rings is 1. The molecule has 13 heteroatoms. The van der Waals surface area contributed by atoms with Crippen LogP contribution in [-0.4, -0.2) is 82.9 Å². The maximum absolute atomic E-state index is 12.9. The van der Waals surface area contributed by atoms with Gasteiger partial charge >= 0.3 is 12.1 Å². The standard InChI is InChI=1S/C23H26N4O9/c1-23(2,3)36-22(34)25-10-16(28)24-11-18(30)35-12-26-17(29)9-8-15(21(26)33)27-19(31)13-6-4-5-7-14(13)20(27)32/h4-7,15H,8-12H2,1-3H3,(H,24,28)(H,25,34). The van der Waals surface area contributed by atoms with Crippen molar-refractivity contribution in [3.8, 4) is 0 Å². The summed E-state index contributed by atoms with van der Waals surface area (Å²) in [6.07, 6.45) is -1.00. The average molecular weight is 502 g/mol. The largest absolute Gasteiger partial charge is 0.444 e. The molecule has 1 unspecified atom stereocenters. The third-order valence-electron chi connectivity index (χ3n) is 5.20. The van der Waals surface area contributed by atoms with Gasteiger partial charge in [-0.1, -0.05) is 12.1 Å². The van der Waals surface area contributed by atoms with Gasteiger partial charge in [-0.3, -0.25) is 33.7 Å². The molecule has 0 spiro atoms. The van der Waals surface area contributed by atoms with Crippen LogP contribution in [0.25, 0.3) is 0 Å². The fourth-order valence-corrected chi connectivity index (χ4v) is 3.57. The zero-order chi connectivity index (χ0) is 26.6. The molecule has 0 aliphatic carbocycles. The highest BCUT2D eigenvalue weighted by atomic mass is 16.6. The van der Waals surface area contributed by atoms with Crippen molar-refractivity contribution < 1.29 is 43.0 Å². The quantitative estimate of drug-likeness (QED) is 0.383. The summed E-state index contributed by atoms with van der Waals surface area (Å²) in [5.41, 5.74) is -0.407. The van der Waals surface area contributed by atoms with E-state index < -0.39 is 73.1 Å². The first-order valence-electron chi connectivity index (χ1n) is 11.1. The smallest absolute Gasteiger partial charge is 0.408 e. The van der Waals surface area contributed by atoms with Gasteiger partial charge in [0.2, 0.25) is 11.8 Å². The summed E-state index contributed by atoms with van der Waals surface area (Å²) >= 11 is 0. The first kappa shape index (κ1) is 26.3. The van der Waals surface area contributed by atoms with Crippen molar-refractivity contribution in [3.63, 3.8) is 0 Å². The lowest BCUT2D eigenvalue weighted by Gasteiger charge is -2.33. The van der Waals surface area contributed by atoms with Gasteiger partial charge in [0.25, 0.3) is 17.7 Å². The summed E-state index contributed by atoms with van der Waals surface area (Å²) in [5.74, 6) is -4.41. The van der Waals surface area contributed by atoms with Crippen LogP contribution >= 0.6 is 0 Å². The Kier molecular flexibility index (Phi) is 7.71. The third kappa shape index (κ3) is 6.03. The van der Waals surface area contributed by atoms with Gasteiger partial charge < -0.3 is 20.1 Å². The molecular formula is C23H26N4O9. The van der Waals surface area contributed by atoms with E-state index in [0.29, 0.717) is 4.90 Å². The number of esters is 1. The molecule has 2 aliphatic heterocycles. The minimum atomic E-state index is -1.22. The Balaban J connectivity index is 1.49. The normalized spacial score (nSPS) is 17.6. The highest BCUT2D eigenvalue weighted by molar-refractivity contribution is 6.23. The van der Waals surface area contributed by atoms with Crippen molar-refractivity contribution in [2.75, 3.05) is 19.8 Å². The van der Waals surface area contributed by atoms with E-state index in [-0.39, 0.29) is 24.0 Å². The summed E-state index contributed by atoms with van der Waals surface area (Å²) in [6, 6.07) is 4.93. The molecule has 1 saturated heterocycles. The number of hydrogen-bond acceptors (Lipinski definition) is 9. The number of nitrogens with one attached hydrogen (secondary N) is 2. The van der Waals surface area contributed by atoms with Crippen molar-refractivity contribution in [3.05, 3.63) is 35.4 Å². The number of carbonyl (C=O) groups excluding carboxylic acids is 7. The molecule has 1 atom stereocenters. The number of piperidine rings is 1. The number of hydrogen-bond donors (Lipinski definition) is 2. The van der Waals surface area contributed by atoms with E-state index in [1.165, 1.54) is 12.1 Å². The van der Waals surface area contributed by atoms with Crippen LogP contribution in [0.2, 0.25) is 0 Å². The van der Waals surface area contributed by atoms with Crippen molar-refractivity contribution in [2.45, 2.75) is 45.3 Å². The van der Waals surface area contributed by atoms with E-state index in [1.807, 2.05) is 0 Å². The number of imide groups is 2. The van der Waals surface area contributed by atoms with Gasteiger partial charge in [-0.05, 0) is 39.3 Å². The maximum atomic E-state index is 12.9. The van der Waals surface area contributed by atoms with Gasteiger partial charge in [-0.25, -0.2) is 9.69 Å². The van der Waals surface area contributed by atoms with E-state index in [2.05, 4.69) is 10.6 Å². The van der Waals surface area contributed by atoms with Crippen LogP contribution in [0.5, 0.6) is 0 Å². The first-order valence-corrected chi connectivity index (χ1v) is 11.1. The zero-order valence-corrected chi connectivity index (χ0v) is 20.0. The molecule has 1 aromatic rings. The van der Waals surface area contributed by atoms with E-state index in [0.717, 1.165) is 4.90 Å². The van der Waals surface area contributed by atoms with Gasteiger partial charge in [-0.2, -0.15) is 0 Å². The fraction of sp³-hybridized carbons (Fsp3) is 0.435. The molecule has 192 valence electrons. The average Bonchev–Trinajstić information content (AvgIpc) is 3.05. The molecule has 13 nitrogen and oxygen atoms in total. The number of alkyl carbamates (subject to hydrolysis) is 1. The van der Waals surface area contributed by atoms with E-state index in [9.17, 15) is 33.6 Å². The van der Waals surface area contributed by atoms with Crippen LogP contribution in [0.4, 0.5) is 4.79 Å². The minimum Gasteiger partial charge on any atom is -0.444 e. The predicted octanol–water partition coefficient (Wildman–Crippen LogP) is -0.0582. The van der Waals surface area contributed by atoms with E-state index in [1.54, 1.807) is 32.9 Å². The van der Waals surface area contributed by atoms with Gasteiger partial charge in [0, 0.05) is 6.42 Å². The second kappa shape index (κ2) is 10.5. The summed E-state index contributed by atoms with van der Waals surface area (Å²) in [6.45, 7) is 3.18. The Morgan fingerprint density at radius 3 is 2.17 bits per heavy atom. The monoisotopic (exact) mass is 502 g/mol. The van der Waals surface area contributed by atoms with Crippen LogP contribution in [0.3, 0.4) is 0 Å². The number of fused-ring (bicyclic) bond motifs is 1. The lowest BCUT2D eigenvalue weighted by atomic mass is 10.0. The van der Waals surface area contributed by atoms with Crippen molar-refractivity contribution in [2.24, 2.45) is 0 Å². The Labute approximate surface area is 206 Å². The molecule has 1 aromatic carbocycles. The zero-order valence-electron chi connectivity index (χ0n) is 20.0. The van der Waals surface area contributed by atoms with Crippen molar-refractivity contribution >= 4 is 41.6 Å². The Hall–Kier alpha value is -4.29. The van der Waals surface area contributed by atoms with Crippen LogP contribution < -0.4 is 10.6 Å². The molecular weight excluding hydrogens is 476 g/mol. The second-order valence-corrected chi connectivity index (χ2v) is 9.02. The minimum absolute atomic E-state index is 0.0473. The van der Waals surface area contributed by atoms with Crippen molar-refractivity contribution in [1.29, 1.82) is 0 Å². The van der Waals surface area contributed by atoms with Crippen molar-refractivity contribution in [1.82, 2.24) is 20.4 Å². The Bertz CT molecular complexity index is 1090. The van der Waals surface area contributed by atoms with E-state index in [4.69, 9.17) is 9.47 Å². The summed E-state index contributed by atoms with van der Waals surface area (Å²) in [7, 11) is 0. The highest BCUT2D eigenvalue weighted by Gasteiger charge is 2.47. The lowest BCUT2D eigenvalue weighted by molar-refractivity contribution is -0.163. The molecule has 6 amide bonds.